The van der Waals surface area contributed by atoms with Crippen molar-refractivity contribution in [2.24, 2.45) is 5.92 Å². The average molecular weight is 381 g/mol. The maximum absolute atomic E-state index is 12.3. The number of H-pyrrole nitrogens is 1. The first kappa shape index (κ1) is 20.7. The third-order valence-corrected chi connectivity index (χ3v) is 4.59. The summed E-state index contributed by atoms with van der Waals surface area (Å²) >= 11 is 0. The molecule has 9 heteroatoms. The summed E-state index contributed by atoms with van der Waals surface area (Å²) in [7, 11) is 0. The van der Waals surface area contributed by atoms with Gasteiger partial charge in [0.25, 0.3) is 5.56 Å². The number of amides is 1. The lowest BCUT2D eigenvalue weighted by Gasteiger charge is -2.37. The fraction of sp³-hybridized carbons (Fsp3) is 0.667. The van der Waals surface area contributed by atoms with Gasteiger partial charge in [0.05, 0.1) is 12.1 Å². The molecule has 1 saturated carbocycles. The highest BCUT2D eigenvalue weighted by Gasteiger charge is 2.35. The van der Waals surface area contributed by atoms with Crippen molar-refractivity contribution >= 4 is 12.1 Å². The number of alkyl carbamates (subject to hydrolysis) is 1. The van der Waals surface area contributed by atoms with Gasteiger partial charge in [-0.2, -0.15) is 0 Å². The molecule has 27 heavy (non-hydrogen) atoms. The maximum atomic E-state index is 12.3. The molecule has 0 saturated heterocycles. The van der Waals surface area contributed by atoms with Gasteiger partial charge in [-0.25, -0.2) is 9.59 Å². The Balaban J connectivity index is 2.29. The normalized spacial score (nSPS) is 22.9. The van der Waals surface area contributed by atoms with Crippen molar-refractivity contribution in [1.82, 2.24) is 14.9 Å². The van der Waals surface area contributed by atoms with Gasteiger partial charge in [-0.05, 0) is 52.9 Å². The lowest BCUT2D eigenvalue weighted by molar-refractivity contribution is -0.138. The van der Waals surface area contributed by atoms with Crippen molar-refractivity contribution < 1.29 is 19.4 Å². The molecule has 0 bridgehead atoms. The number of aromatic nitrogens is 2. The zero-order chi connectivity index (χ0) is 20.4. The van der Waals surface area contributed by atoms with Gasteiger partial charge in [0.1, 0.15) is 5.60 Å². The van der Waals surface area contributed by atoms with E-state index in [0.29, 0.717) is 24.8 Å². The van der Waals surface area contributed by atoms with Crippen molar-refractivity contribution in [1.29, 1.82) is 0 Å². The van der Waals surface area contributed by atoms with Gasteiger partial charge in [0.15, 0.2) is 0 Å². The monoisotopic (exact) mass is 381 g/mol. The highest BCUT2D eigenvalue weighted by molar-refractivity contribution is 5.68. The van der Waals surface area contributed by atoms with Crippen molar-refractivity contribution in [2.45, 2.75) is 71.1 Å². The highest BCUT2D eigenvalue weighted by atomic mass is 16.6. The summed E-state index contributed by atoms with van der Waals surface area (Å²) in [5.74, 6) is -1.01. The van der Waals surface area contributed by atoms with Crippen LogP contribution in [0.15, 0.2) is 15.8 Å². The Morgan fingerprint density at radius 2 is 2.00 bits per heavy atom. The van der Waals surface area contributed by atoms with Gasteiger partial charge >= 0.3 is 17.8 Å². The van der Waals surface area contributed by atoms with E-state index >= 15 is 0 Å². The molecule has 1 aromatic heterocycles. The summed E-state index contributed by atoms with van der Waals surface area (Å²) in [6.07, 6.45) is 2.37. The second-order valence-corrected chi connectivity index (χ2v) is 8.08. The van der Waals surface area contributed by atoms with Gasteiger partial charge in [0, 0.05) is 18.2 Å². The molecule has 0 aromatic carbocycles. The smallest absolute Gasteiger partial charge is 0.407 e. The van der Waals surface area contributed by atoms with Gasteiger partial charge in [-0.1, -0.05) is 0 Å². The first-order valence-corrected chi connectivity index (χ1v) is 8.99. The third-order valence-electron chi connectivity index (χ3n) is 4.59. The van der Waals surface area contributed by atoms with Crippen LogP contribution in [0.5, 0.6) is 0 Å². The Morgan fingerprint density at radius 3 is 2.59 bits per heavy atom. The van der Waals surface area contributed by atoms with E-state index < -0.39 is 41.0 Å². The van der Waals surface area contributed by atoms with E-state index in [0.717, 1.165) is 0 Å². The van der Waals surface area contributed by atoms with Crippen LogP contribution in [0.4, 0.5) is 4.79 Å². The van der Waals surface area contributed by atoms with Crippen LogP contribution in [-0.2, 0) is 9.53 Å². The first-order valence-electron chi connectivity index (χ1n) is 8.99. The topological polar surface area (TPSA) is 130 Å². The molecular formula is C18H27N3O6. The number of carboxylic acids is 1. The second kappa shape index (κ2) is 7.98. The largest absolute Gasteiger partial charge is 0.481 e. The van der Waals surface area contributed by atoms with Gasteiger partial charge in [-0.15, -0.1) is 0 Å². The molecule has 3 atom stereocenters. The molecule has 150 valence electrons. The molecule has 1 aromatic rings. The summed E-state index contributed by atoms with van der Waals surface area (Å²) in [4.78, 5) is 49.5. The van der Waals surface area contributed by atoms with E-state index in [4.69, 9.17) is 9.84 Å². The number of nitrogens with one attached hydrogen (secondary N) is 2. The van der Waals surface area contributed by atoms with Crippen LogP contribution in [0.3, 0.4) is 0 Å². The van der Waals surface area contributed by atoms with Crippen LogP contribution in [0, 0.1) is 12.8 Å². The van der Waals surface area contributed by atoms with Crippen molar-refractivity contribution in [2.75, 3.05) is 0 Å². The molecule has 9 nitrogen and oxygen atoms in total. The Hall–Kier alpha value is -2.58. The highest BCUT2D eigenvalue weighted by Crippen LogP contribution is 2.33. The Morgan fingerprint density at radius 1 is 1.33 bits per heavy atom. The lowest BCUT2D eigenvalue weighted by Crippen LogP contribution is -2.49. The minimum absolute atomic E-state index is 0.00122. The summed E-state index contributed by atoms with van der Waals surface area (Å²) < 4.78 is 6.71. The predicted molar refractivity (Wildman–Crippen MR) is 97.8 cm³/mol. The molecule has 1 aliphatic carbocycles. The zero-order valence-corrected chi connectivity index (χ0v) is 16.1. The molecule has 1 amide bonds. The number of aromatic amines is 1. The van der Waals surface area contributed by atoms with Crippen molar-refractivity contribution in [3.05, 3.63) is 32.6 Å². The summed E-state index contributed by atoms with van der Waals surface area (Å²) in [6.45, 7) is 6.83. The van der Waals surface area contributed by atoms with Crippen LogP contribution in [0.1, 0.15) is 58.1 Å². The van der Waals surface area contributed by atoms with Crippen LogP contribution in [-0.4, -0.2) is 38.4 Å². The summed E-state index contributed by atoms with van der Waals surface area (Å²) in [5, 5.41) is 11.9. The fourth-order valence-corrected chi connectivity index (χ4v) is 3.45. The van der Waals surface area contributed by atoms with E-state index in [2.05, 4.69) is 10.3 Å². The second-order valence-electron chi connectivity index (χ2n) is 8.08. The first-order chi connectivity index (χ1) is 12.5. The standard InChI is InChI=1S/C18H27N3O6/c1-10-9-21(16(25)20-15(10)24)13-6-5-11(8-14(22)23)7-12(13)19-17(26)27-18(2,3)4/h9,11-13H,5-8H2,1-4H3,(H,19,26)(H,22,23)(H,20,24,25)/t11-,12-,13-/m0/s1. The van der Waals surface area contributed by atoms with Crippen LogP contribution in [0.25, 0.3) is 0 Å². The van der Waals surface area contributed by atoms with E-state index in [1.807, 2.05) is 0 Å². The Kier molecular flexibility index (Phi) is 6.12. The molecule has 1 aliphatic rings. The van der Waals surface area contributed by atoms with Crippen LogP contribution < -0.4 is 16.6 Å². The molecule has 1 fully saturated rings. The molecule has 0 aliphatic heterocycles. The third kappa shape index (κ3) is 5.70. The minimum Gasteiger partial charge on any atom is -0.481 e. The number of hydrogen-bond donors (Lipinski definition) is 3. The Bertz CT molecular complexity index is 820. The van der Waals surface area contributed by atoms with Gasteiger partial charge in [-0.3, -0.25) is 19.1 Å². The van der Waals surface area contributed by atoms with Crippen molar-refractivity contribution in [3.8, 4) is 0 Å². The quantitative estimate of drug-likeness (QED) is 0.725. The molecular weight excluding hydrogens is 354 g/mol. The van der Waals surface area contributed by atoms with Crippen LogP contribution in [0.2, 0.25) is 0 Å². The van der Waals surface area contributed by atoms with E-state index in [9.17, 15) is 19.2 Å². The summed E-state index contributed by atoms with van der Waals surface area (Å²) in [5.41, 5.74) is -1.30. The lowest BCUT2D eigenvalue weighted by atomic mass is 9.80. The summed E-state index contributed by atoms with van der Waals surface area (Å²) in [6, 6.07) is -0.883. The number of carbonyl (C=O) groups excluding carboxylic acids is 1. The van der Waals surface area contributed by atoms with E-state index in [1.54, 1.807) is 27.7 Å². The molecule has 0 radical (unpaired) electrons. The molecule has 2 rings (SSSR count). The number of hydrogen-bond acceptors (Lipinski definition) is 5. The number of nitrogens with zero attached hydrogens (tertiary/aromatic N) is 1. The van der Waals surface area contributed by atoms with Crippen LogP contribution >= 0.6 is 0 Å². The number of rotatable bonds is 4. The fourth-order valence-electron chi connectivity index (χ4n) is 3.45. The Labute approximate surface area is 156 Å². The molecule has 0 spiro atoms. The number of carbonyl (C=O) groups is 2. The number of carboxylic acid groups (broad SMARTS) is 1. The number of ether oxygens (including phenoxy) is 1. The zero-order valence-electron chi connectivity index (χ0n) is 16.1. The van der Waals surface area contributed by atoms with Crippen molar-refractivity contribution in [3.63, 3.8) is 0 Å². The molecule has 3 N–H and O–H groups in total. The van der Waals surface area contributed by atoms with Gasteiger partial charge < -0.3 is 15.2 Å². The number of aliphatic carboxylic acids is 1. The molecule has 0 unspecified atom stereocenters. The minimum atomic E-state index is -0.897. The predicted octanol–water partition coefficient (Wildman–Crippen LogP) is 1.55. The van der Waals surface area contributed by atoms with E-state index in [1.165, 1.54) is 10.8 Å². The number of aryl methyl sites for hydroxylation is 1. The van der Waals surface area contributed by atoms with Gasteiger partial charge in [0.2, 0.25) is 0 Å². The molecule has 1 heterocycles. The van der Waals surface area contributed by atoms with E-state index in [-0.39, 0.29) is 12.3 Å². The maximum Gasteiger partial charge on any atom is 0.407 e. The average Bonchev–Trinajstić information content (AvgIpc) is 2.49. The SMILES string of the molecule is Cc1cn([C@H]2CC[C@H](CC(=O)O)C[C@@H]2NC(=O)OC(C)(C)C)c(=O)[nH]c1=O.